The molecule has 2 heteroatoms. The summed E-state index contributed by atoms with van der Waals surface area (Å²) in [5.41, 5.74) is 0. The summed E-state index contributed by atoms with van der Waals surface area (Å²) in [6.45, 7) is 8.61. The maximum absolute atomic E-state index is 10.6. The third-order valence-electron chi connectivity index (χ3n) is 1.48. The maximum Gasteiger partial charge on any atom is 0.303 e. The van der Waals surface area contributed by atoms with E-state index in [1.165, 1.54) is 6.92 Å². The molecule has 0 heterocycles. The Labute approximate surface area is 73.9 Å². The molecule has 0 rings (SSSR count). The van der Waals surface area contributed by atoms with Crippen LogP contribution in [0.1, 0.15) is 26.2 Å². The van der Waals surface area contributed by atoms with Crippen molar-refractivity contribution in [1.82, 2.24) is 0 Å². The molecule has 0 saturated heterocycles. The Balaban J connectivity index is 3.59. The summed E-state index contributed by atoms with van der Waals surface area (Å²) in [5.74, 6) is -0.251. The molecule has 1 atom stereocenters. The minimum Gasteiger partial charge on any atom is -0.458 e. The lowest BCUT2D eigenvalue weighted by Gasteiger charge is -2.11. The van der Waals surface area contributed by atoms with Crippen molar-refractivity contribution >= 4 is 5.97 Å². The summed E-state index contributed by atoms with van der Waals surface area (Å²) in [4.78, 5) is 10.6. The highest BCUT2D eigenvalue weighted by atomic mass is 16.5. The van der Waals surface area contributed by atoms with E-state index in [0.29, 0.717) is 0 Å². The van der Waals surface area contributed by atoms with Gasteiger partial charge in [0.2, 0.25) is 0 Å². The zero-order valence-electron chi connectivity index (χ0n) is 7.58. The number of esters is 1. The smallest absolute Gasteiger partial charge is 0.303 e. The number of hydrogen-bond acceptors (Lipinski definition) is 2. The van der Waals surface area contributed by atoms with Crippen LogP contribution in [0.2, 0.25) is 0 Å². The van der Waals surface area contributed by atoms with Gasteiger partial charge in [0.15, 0.2) is 0 Å². The Kier molecular flexibility index (Phi) is 6.07. The SMILES string of the molecule is C=CCCCC(C=C)OC(C)=O. The number of ether oxygens (including phenoxy) is 1. The van der Waals surface area contributed by atoms with Crippen molar-refractivity contribution in [3.8, 4) is 0 Å². The first-order valence-corrected chi connectivity index (χ1v) is 4.11. The van der Waals surface area contributed by atoms with Gasteiger partial charge in [0.1, 0.15) is 6.10 Å². The van der Waals surface area contributed by atoms with Crippen molar-refractivity contribution in [1.29, 1.82) is 0 Å². The van der Waals surface area contributed by atoms with E-state index in [9.17, 15) is 4.79 Å². The molecule has 1 unspecified atom stereocenters. The van der Waals surface area contributed by atoms with E-state index in [0.717, 1.165) is 19.3 Å². The van der Waals surface area contributed by atoms with Crippen molar-refractivity contribution in [2.24, 2.45) is 0 Å². The van der Waals surface area contributed by atoms with Crippen molar-refractivity contribution in [2.75, 3.05) is 0 Å². The van der Waals surface area contributed by atoms with Gasteiger partial charge in [0.05, 0.1) is 0 Å². The summed E-state index contributed by atoms with van der Waals surface area (Å²) in [6, 6.07) is 0. The third-order valence-corrected chi connectivity index (χ3v) is 1.48. The summed E-state index contributed by atoms with van der Waals surface area (Å²) < 4.78 is 4.95. The predicted octanol–water partition coefficient (Wildman–Crippen LogP) is 2.46. The molecule has 0 aromatic carbocycles. The topological polar surface area (TPSA) is 26.3 Å². The van der Waals surface area contributed by atoms with E-state index in [4.69, 9.17) is 4.74 Å². The van der Waals surface area contributed by atoms with Crippen LogP contribution < -0.4 is 0 Å². The van der Waals surface area contributed by atoms with Gasteiger partial charge in [0, 0.05) is 6.92 Å². The minimum atomic E-state index is -0.251. The van der Waals surface area contributed by atoms with Crippen molar-refractivity contribution in [3.05, 3.63) is 25.3 Å². The zero-order valence-corrected chi connectivity index (χ0v) is 7.58. The molecule has 12 heavy (non-hydrogen) atoms. The van der Waals surface area contributed by atoms with Crippen LogP contribution in [-0.4, -0.2) is 12.1 Å². The molecular weight excluding hydrogens is 152 g/mol. The van der Waals surface area contributed by atoms with Gasteiger partial charge >= 0.3 is 5.97 Å². The van der Waals surface area contributed by atoms with Crippen LogP contribution in [0.15, 0.2) is 25.3 Å². The maximum atomic E-state index is 10.6. The molecule has 0 amide bonds. The van der Waals surface area contributed by atoms with Crippen molar-refractivity contribution < 1.29 is 9.53 Å². The second kappa shape index (κ2) is 6.65. The first kappa shape index (κ1) is 11.0. The molecule has 0 bridgehead atoms. The fourth-order valence-corrected chi connectivity index (χ4v) is 0.901. The van der Waals surface area contributed by atoms with Crippen LogP contribution in [0.5, 0.6) is 0 Å². The number of hydrogen-bond donors (Lipinski definition) is 0. The highest BCUT2D eigenvalue weighted by Crippen LogP contribution is 2.06. The van der Waals surface area contributed by atoms with Gasteiger partial charge in [-0.15, -0.1) is 6.58 Å². The number of rotatable bonds is 6. The van der Waals surface area contributed by atoms with Crippen LogP contribution in [0.4, 0.5) is 0 Å². The molecule has 2 nitrogen and oxygen atoms in total. The summed E-state index contributed by atoms with van der Waals surface area (Å²) in [7, 11) is 0. The molecule has 68 valence electrons. The normalized spacial score (nSPS) is 11.8. The third kappa shape index (κ3) is 5.71. The Bertz CT molecular complexity index is 161. The Hall–Kier alpha value is -1.05. The number of allylic oxidation sites excluding steroid dienone is 1. The molecule has 0 aliphatic heterocycles. The molecular formula is C10H16O2. The van der Waals surface area contributed by atoms with E-state index in [-0.39, 0.29) is 12.1 Å². The van der Waals surface area contributed by atoms with Gasteiger partial charge in [0.25, 0.3) is 0 Å². The van der Waals surface area contributed by atoms with Crippen LogP contribution in [-0.2, 0) is 9.53 Å². The van der Waals surface area contributed by atoms with Crippen LogP contribution >= 0.6 is 0 Å². The Morgan fingerprint density at radius 3 is 2.67 bits per heavy atom. The summed E-state index contributed by atoms with van der Waals surface area (Å²) in [5, 5.41) is 0. The summed E-state index contributed by atoms with van der Waals surface area (Å²) >= 11 is 0. The van der Waals surface area contributed by atoms with Crippen LogP contribution in [0.3, 0.4) is 0 Å². The quantitative estimate of drug-likeness (QED) is 0.346. The minimum absolute atomic E-state index is 0.137. The average molecular weight is 168 g/mol. The van der Waals surface area contributed by atoms with E-state index in [1.54, 1.807) is 6.08 Å². The monoisotopic (exact) mass is 168 g/mol. The molecule has 0 fully saturated rings. The molecule has 0 radical (unpaired) electrons. The van der Waals surface area contributed by atoms with Crippen LogP contribution in [0, 0.1) is 0 Å². The molecule has 0 aliphatic carbocycles. The molecule has 0 aliphatic rings. The van der Waals surface area contributed by atoms with Gasteiger partial charge in [-0.25, -0.2) is 0 Å². The lowest BCUT2D eigenvalue weighted by atomic mass is 10.1. The predicted molar refractivity (Wildman–Crippen MR) is 49.8 cm³/mol. The number of carbonyl (C=O) groups is 1. The first-order valence-electron chi connectivity index (χ1n) is 4.11. The lowest BCUT2D eigenvalue weighted by Crippen LogP contribution is -2.12. The highest BCUT2D eigenvalue weighted by Gasteiger charge is 2.05. The van der Waals surface area contributed by atoms with Gasteiger partial charge in [-0.2, -0.15) is 0 Å². The summed E-state index contributed by atoms with van der Waals surface area (Å²) in [6.07, 6.45) is 6.13. The molecule has 0 saturated carbocycles. The van der Waals surface area contributed by atoms with Gasteiger partial charge < -0.3 is 4.74 Å². The fourth-order valence-electron chi connectivity index (χ4n) is 0.901. The van der Waals surface area contributed by atoms with E-state index >= 15 is 0 Å². The van der Waals surface area contributed by atoms with Crippen molar-refractivity contribution in [2.45, 2.75) is 32.3 Å². The van der Waals surface area contributed by atoms with E-state index in [1.807, 2.05) is 6.08 Å². The van der Waals surface area contributed by atoms with Gasteiger partial charge in [-0.05, 0) is 19.3 Å². The van der Waals surface area contributed by atoms with Gasteiger partial charge in [-0.3, -0.25) is 4.79 Å². The molecule has 0 aromatic heterocycles. The number of carbonyl (C=O) groups excluding carboxylic acids is 1. The lowest BCUT2D eigenvalue weighted by molar-refractivity contribution is -0.144. The Morgan fingerprint density at radius 1 is 1.58 bits per heavy atom. The average Bonchev–Trinajstić information content (AvgIpc) is 2.02. The highest BCUT2D eigenvalue weighted by molar-refractivity contribution is 5.66. The fraction of sp³-hybridized carbons (Fsp3) is 0.500. The van der Waals surface area contributed by atoms with Crippen molar-refractivity contribution in [3.63, 3.8) is 0 Å². The second-order valence-corrected chi connectivity index (χ2v) is 2.60. The van der Waals surface area contributed by atoms with Crippen LogP contribution in [0.25, 0.3) is 0 Å². The zero-order chi connectivity index (χ0) is 9.40. The molecule has 0 N–H and O–H groups in total. The van der Waals surface area contributed by atoms with E-state index in [2.05, 4.69) is 13.2 Å². The molecule has 0 spiro atoms. The Morgan fingerprint density at radius 2 is 2.25 bits per heavy atom. The van der Waals surface area contributed by atoms with E-state index < -0.39 is 0 Å². The molecule has 0 aromatic rings. The number of unbranched alkanes of at least 4 members (excludes halogenated alkanes) is 1. The standard InChI is InChI=1S/C10H16O2/c1-4-6-7-8-10(5-2)12-9(3)11/h4-5,10H,1-2,6-8H2,3H3. The second-order valence-electron chi connectivity index (χ2n) is 2.60. The first-order chi connectivity index (χ1) is 5.70. The van der Waals surface area contributed by atoms with Gasteiger partial charge in [-0.1, -0.05) is 18.7 Å². The largest absolute Gasteiger partial charge is 0.458 e.